The van der Waals surface area contributed by atoms with Crippen molar-refractivity contribution in [2.24, 2.45) is 0 Å². The summed E-state index contributed by atoms with van der Waals surface area (Å²) in [6.07, 6.45) is 78.6. The topological polar surface area (TPSA) is 78.9 Å². The van der Waals surface area contributed by atoms with Gasteiger partial charge in [0.25, 0.3) is 0 Å². The SMILES string of the molecule is CCCCC/C=C\C/C=C\CCCCCCCCCC(=O)OC[C@H](COC(=O)CCCCCCCCCCC/C=C\CCCCCCCC)OC(=O)CCCCCCCCCCCCCCCCCCCCCCC. The Balaban J connectivity index is 4.33. The molecule has 6 heteroatoms. The summed E-state index contributed by atoms with van der Waals surface area (Å²) in [5.74, 6) is -0.854. The van der Waals surface area contributed by atoms with E-state index in [0.717, 1.165) is 70.6 Å². The second-order valence-electron chi connectivity index (χ2n) is 22.7. The zero-order chi connectivity index (χ0) is 54.3. The first-order chi connectivity index (χ1) is 37.0. The van der Waals surface area contributed by atoms with Crippen LogP contribution in [0.3, 0.4) is 0 Å². The van der Waals surface area contributed by atoms with Gasteiger partial charge in [-0.2, -0.15) is 0 Å². The van der Waals surface area contributed by atoms with Crippen LogP contribution in [-0.4, -0.2) is 37.2 Å². The summed E-state index contributed by atoms with van der Waals surface area (Å²) in [5, 5.41) is 0. The molecule has 0 aromatic carbocycles. The lowest BCUT2D eigenvalue weighted by Gasteiger charge is -2.18. The van der Waals surface area contributed by atoms with E-state index in [1.54, 1.807) is 0 Å². The molecule has 440 valence electrons. The third-order valence-corrected chi connectivity index (χ3v) is 15.1. The maximum absolute atomic E-state index is 12.9. The molecule has 0 heterocycles. The lowest BCUT2D eigenvalue weighted by molar-refractivity contribution is -0.167. The number of hydrogen-bond donors (Lipinski definition) is 0. The molecule has 0 aromatic rings. The van der Waals surface area contributed by atoms with Gasteiger partial charge < -0.3 is 14.2 Å². The monoisotopic (exact) mass is 1050 g/mol. The number of esters is 3. The molecule has 0 unspecified atom stereocenters. The van der Waals surface area contributed by atoms with Gasteiger partial charge in [-0.05, 0) is 77.0 Å². The van der Waals surface area contributed by atoms with Crippen molar-refractivity contribution < 1.29 is 28.6 Å². The van der Waals surface area contributed by atoms with Crippen molar-refractivity contribution in [3.63, 3.8) is 0 Å². The molecule has 75 heavy (non-hydrogen) atoms. The van der Waals surface area contributed by atoms with E-state index in [9.17, 15) is 14.4 Å². The lowest BCUT2D eigenvalue weighted by Crippen LogP contribution is -2.30. The largest absolute Gasteiger partial charge is 0.462 e. The van der Waals surface area contributed by atoms with Gasteiger partial charge in [-0.1, -0.05) is 308 Å². The van der Waals surface area contributed by atoms with Crippen LogP contribution >= 0.6 is 0 Å². The van der Waals surface area contributed by atoms with Gasteiger partial charge in [-0.15, -0.1) is 0 Å². The van der Waals surface area contributed by atoms with Gasteiger partial charge in [-0.25, -0.2) is 0 Å². The van der Waals surface area contributed by atoms with Gasteiger partial charge in [0.15, 0.2) is 6.10 Å². The van der Waals surface area contributed by atoms with Gasteiger partial charge in [0, 0.05) is 19.3 Å². The molecule has 0 aliphatic carbocycles. The molecule has 0 aliphatic rings. The van der Waals surface area contributed by atoms with Gasteiger partial charge in [0.2, 0.25) is 0 Å². The van der Waals surface area contributed by atoms with E-state index in [-0.39, 0.29) is 31.1 Å². The van der Waals surface area contributed by atoms with Crippen molar-refractivity contribution in [1.82, 2.24) is 0 Å². The number of hydrogen-bond acceptors (Lipinski definition) is 6. The van der Waals surface area contributed by atoms with Crippen LogP contribution in [0.1, 0.15) is 367 Å². The highest BCUT2D eigenvalue weighted by Gasteiger charge is 2.19. The minimum absolute atomic E-state index is 0.0714. The van der Waals surface area contributed by atoms with Crippen LogP contribution in [0.15, 0.2) is 36.5 Å². The fourth-order valence-electron chi connectivity index (χ4n) is 10.1. The number of allylic oxidation sites excluding steroid dienone is 6. The smallest absolute Gasteiger partial charge is 0.306 e. The fraction of sp³-hybridized carbons (Fsp3) is 0.870. The molecule has 0 spiro atoms. The second kappa shape index (κ2) is 64.2. The molecular weight excluding hydrogens is 925 g/mol. The molecule has 0 bridgehead atoms. The highest BCUT2D eigenvalue weighted by atomic mass is 16.6. The van der Waals surface area contributed by atoms with Gasteiger partial charge in [0.05, 0.1) is 0 Å². The number of carbonyl (C=O) groups excluding carboxylic acids is 3. The average Bonchev–Trinajstić information content (AvgIpc) is 3.41. The Labute approximate surface area is 467 Å². The quantitative estimate of drug-likeness (QED) is 0.0261. The predicted molar refractivity (Wildman–Crippen MR) is 326 cm³/mol. The van der Waals surface area contributed by atoms with Crippen LogP contribution in [0.2, 0.25) is 0 Å². The number of unbranched alkanes of at least 4 members (excludes halogenated alkanes) is 45. The maximum atomic E-state index is 12.9. The normalized spacial score (nSPS) is 12.2. The van der Waals surface area contributed by atoms with Crippen molar-refractivity contribution in [3.05, 3.63) is 36.5 Å². The van der Waals surface area contributed by atoms with E-state index in [2.05, 4.69) is 57.2 Å². The first kappa shape index (κ1) is 72.6. The molecular formula is C69H128O6. The zero-order valence-corrected chi connectivity index (χ0v) is 50.6. The third-order valence-electron chi connectivity index (χ3n) is 15.1. The summed E-state index contributed by atoms with van der Waals surface area (Å²) in [6, 6.07) is 0. The molecule has 0 fully saturated rings. The standard InChI is InChI=1S/C69H128O6/c1-4-7-10-13-16-19-22-25-28-31-33-34-36-39-42-45-48-51-54-57-60-63-69(72)75-66(64-73-67(70)61-58-55-52-49-46-43-40-37-30-27-24-21-18-15-12-9-6-3)65-74-68(71)62-59-56-53-50-47-44-41-38-35-32-29-26-23-20-17-14-11-8-5-2/h18,21,26-27,29-30,66H,4-17,19-20,22-25,28,31-65H2,1-3H3/b21-18-,29-26-,30-27-/t66-/m1/s1. The van der Waals surface area contributed by atoms with E-state index >= 15 is 0 Å². The molecule has 0 saturated heterocycles. The Hall–Kier alpha value is -2.37. The number of rotatable bonds is 62. The van der Waals surface area contributed by atoms with Gasteiger partial charge in [0.1, 0.15) is 13.2 Å². The lowest BCUT2D eigenvalue weighted by atomic mass is 10.0. The second-order valence-corrected chi connectivity index (χ2v) is 22.7. The Bertz CT molecular complexity index is 1250. The van der Waals surface area contributed by atoms with Gasteiger partial charge >= 0.3 is 17.9 Å². The molecule has 6 nitrogen and oxygen atoms in total. The van der Waals surface area contributed by atoms with E-state index < -0.39 is 6.10 Å². The molecule has 0 radical (unpaired) electrons. The van der Waals surface area contributed by atoms with E-state index in [4.69, 9.17) is 14.2 Å². The van der Waals surface area contributed by atoms with E-state index in [1.165, 1.54) is 257 Å². The summed E-state index contributed by atoms with van der Waals surface area (Å²) < 4.78 is 17.0. The third kappa shape index (κ3) is 62.4. The number of ether oxygens (including phenoxy) is 3. The molecule has 0 rings (SSSR count). The van der Waals surface area contributed by atoms with Crippen LogP contribution in [0.4, 0.5) is 0 Å². The van der Waals surface area contributed by atoms with E-state index in [0.29, 0.717) is 19.3 Å². The summed E-state index contributed by atoms with van der Waals surface area (Å²) in [6.45, 7) is 6.67. The van der Waals surface area contributed by atoms with Crippen LogP contribution in [0, 0.1) is 0 Å². The molecule has 0 aromatic heterocycles. The van der Waals surface area contributed by atoms with Crippen LogP contribution in [0.25, 0.3) is 0 Å². The van der Waals surface area contributed by atoms with Gasteiger partial charge in [-0.3, -0.25) is 14.4 Å². The van der Waals surface area contributed by atoms with Crippen LogP contribution in [0.5, 0.6) is 0 Å². The highest BCUT2D eigenvalue weighted by Crippen LogP contribution is 2.18. The predicted octanol–water partition coefficient (Wildman–Crippen LogP) is 22.8. The van der Waals surface area contributed by atoms with Crippen LogP contribution < -0.4 is 0 Å². The first-order valence-electron chi connectivity index (χ1n) is 33.5. The first-order valence-corrected chi connectivity index (χ1v) is 33.5. The average molecular weight is 1050 g/mol. The summed E-state index contributed by atoms with van der Waals surface area (Å²) in [7, 11) is 0. The van der Waals surface area contributed by atoms with Crippen LogP contribution in [-0.2, 0) is 28.6 Å². The minimum atomic E-state index is -0.775. The highest BCUT2D eigenvalue weighted by molar-refractivity contribution is 5.71. The Morgan fingerprint density at radius 2 is 0.480 bits per heavy atom. The summed E-state index contributed by atoms with van der Waals surface area (Å²) in [4.78, 5) is 38.4. The van der Waals surface area contributed by atoms with Crippen molar-refractivity contribution >= 4 is 17.9 Å². The van der Waals surface area contributed by atoms with Crippen molar-refractivity contribution in [2.75, 3.05) is 13.2 Å². The van der Waals surface area contributed by atoms with Crippen molar-refractivity contribution in [1.29, 1.82) is 0 Å². The molecule has 1 atom stereocenters. The number of carbonyl (C=O) groups is 3. The summed E-state index contributed by atoms with van der Waals surface area (Å²) in [5.41, 5.74) is 0. The van der Waals surface area contributed by atoms with Crippen molar-refractivity contribution in [3.8, 4) is 0 Å². The molecule has 0 amide bonds. The maximum Gasteiger partial charge on any atom is 0.306 e. The minimum Gasteiger partial charge on any atom is -0.462 e. The van der Waals surface area contributed by atoms with E-state index in [1.807, 2.05) is 0 Å². The Morgan fingerprint density at radius 1 is 0.267 bits per heavy atom. The fourth-order valence-corrected chi connectivity index (χ4v) is 10.1. The molecule has 0 N–H and O–H groups in total. The molecule has 0 aliphatic heterocycles. The van der Waals surface area contributed by atoms with Crippen molar-refractivity contribution in [2.45, 2.75) is 374 Å². The molecule has 0 saturated carbocycles. The summed E-state index contributed by atoms with van der Waals surface area (Å²) >= 11 is 0. The Kier molecular flexibility index (Phi) is 62.1. The zero-order valence-electron chi connectivity index (χ0n) is 50.6. The Morgan fingerprint density at radius 3 is 0.773 bits per heavy atom.